The Hall–Kier alpha value is -1.50. The van der Waals surface area contributed by atoms with Gasteiger partial charge in [0.1, 0.15) is 13.2 Å². The van der Waals surface area contributed by atoms with Crippen LogP contribution in [0, 0.1) is 0 Å². The number of rotatable bonds is 12. The fourth-order valence-electron chi connectivity index (χ4n) is 1.85. The van der Waals surface area contributed by atoms with E-state index < -0.39 is 13.8 Å². The van der Waals surface area contributed by atoms with E-state index in [0.29, 0.717) is 29.4 Å². The number of quaternary nitrogens is 1. The molecule has 1 aromatic rings. The molecule has 8 heteroatoms. The van der Waals surface area contributed by atoms with Gasteiger partial charge in [0.2, 0.25) is 0 Å². The molecular weight excluding hydrogens is 357 g/mol. The minimum Gasteiger partial charge on any atom is -0.756 e. The molecule has 0 bridgehead atoms. The third kappa shape index (κ3) is 9.85. The van der Waals surface area contributed by atoms with Gasteiger partial charge in [0.25, 0.3) is 7.82 Å². The third-order valence-electron chi connectivity index (χ3n) is 3.41. The minimum atomic E-state index is -4.28. The van der Waals surface area contributed by atoms with Crippen LogP contribution in [0.1, 0.15) is 28.8 Å². The van der Waals surface area contributed by atoms with Gasteiger partial charge >= 0.3 is 5.97 Å². The molecule has 0 amide bonds. The van der Waals surface area contributed by atoms with Gasteiger partial charge in [0.05, 0.1) is 39.9 Å². The van der Waals surface area contributed by atoms with Crippen molar-refractivity contribution in [1.29, 1.82) is 0 Å². The predicted octanol–water partition coefficient (Wildman–Crippen LogP) is 2.47. The molecule has 1 atom stereocenters. The van der Waals surface area contributed by atoms with Gasteiger partial charge in [-0.05, 0) is 30.5 Å². The summed E-state index contributed by atoms with van der Waals surface area (Å²) in [6.07, 6.45) is 2.62. The van der Waals surface area contributed by atoms with Crippen LogP contribution >= 0.6 is 7.82 Å². The van der Waals surface area contributed by atoms with Crippen molar-refractivity contribution in [2.24, 2.45) is 0 Å². The molecule has 0 spiro atoms. The quantitative estimate of drug-likeness (QED) is 0.238. The summed E-state index contributed by atoms with van der Waals surface area (Å²) in [4.78, 5) is 23.4. The molecule has 0 saturated heterocycles. The maximum absolute atomic E-state index is 11.8. The molecule has 1 aromatic carbocycles. The Morgan fingerprint density at radius 3 is 2.27 bits per heavy atom. The number of nitrogens with zero attached hydrogens (tertiary/aromatic N) is 1. The number of carbonyl (C=O) groups is 1. The smallest absolute Gasteiger partial charge is 0.338 e. The molecule has 0 aromatic heterocycles. The van der Waals surface area contributed by atoms with E-state index in [1.807, 2.05) is 21.1 Å². The zero-order valence-electron chi connectivity index (χ0n) is 15.7. The Bertz CT molecular complexity index is 624. The minimum absolute atomic E-state index is 0.00324. The topological polar surface area (TPSA) is 84.9 Å². The highest BCUT2D eigenvalue weighted by Crippen LogP contribution is 2.38. The summed E-state index contributed by atoms with van der Waals surface area (Å²) in [7, 11) is 1.54. The molecule has 146 valence electrons. The summed E-state index contributed by atoms with van der Waals surface area (Å²) in [6.45, 7) is 4.47. The van der Waals surface area contributed by atoms with E-state index in [2.05, 4.69) is 6.58 Å². The van der Waals surface area contributed by atoms with Crippen molar-refractivity contribution in [3.05, 3.63) is 42.0 Å². The normalized spacial score (nSPS) is 13.8. The van der Waals surface area contributed by atoms with Gasteiger partial charge in [-0.2, -0.15) is 0 Å². The maximum atomic E-state index is 11.8. The lowest BCUT2D eigenvalue weighted by Crippen LogP contribution is -2.37. The third-order valence-corrected chi connectivity index (χ3v) is 4.41. The summed E-state index contributed by atoms with van der Waals surface area (Å²) < 4.78 is 26.9. The molecule has 26 heavy (non-hydrogen) atoms. The van der Waals surface area contributed by atoms with Crippen LogP contribution in [-0.4, -0.2) is 58.0 Å². The van der Waals surface area contributed by atoms with Crippen molar-refractivity contribution >= 4 is 19.9 Å². The number of hydrogen-bond donors (Lipinski definition) is 0. The lowest BCUT2D eigenvalue weighted by Gasteiger charge is -2.27. The summed E-state index contributed by atoms with van der Waals surface area (Å²) in [6, 6.07) is 6.90. The van der Waals surface area contributed by atoms with E-state index in [0.717, 1.165) is 5.56 Å². The second-order valence-electron chi connectivity index (χ2n) is 6.80. The van der Waals surface area contributed by atoms with Gasteiger partial charge in [0.15, 0.2) is 0 Å². The average molecular weight is 385 g/mol. The van der Waals surface area contributed by atoms with Gasteiger partial charge in [-0.25, -0.2) is 4.79 Å². The Balaban J connectivity index is 2.16. The second kappa shape index (κ2) is 10.6. The first-order chi connectivity index (χ1) is 12.1. The molecule has 0 radical (unpaired) electrons. The number of hydrogen-bond acceptors (Lipinski definition) is 6. The molecule has 0 aliphatic heterocycles. The highest BCUT2D eigenvalue weighted by atomic mass is 31.2. The molecule has 0 N–H and O–H groups in total. The van der Waals surface area contributed by atoms with E-state index in [1.54, 1.807) is 30.3 Å². The fraction of sp³-hybridized carbons (Fsp3) is 0.500. The van der Waals surface area contributed by atoms with Crippen LogP contribution in [0.15, 0.2) is 30.8 Å². The second-order valence-corrected chi connectivity index (χ2v) is 8.21. The summed E-state index contributed by atoms with van der Waals surface area (Å²) in [5, 5.41) is 0. The fourth-order valence-corrected chi connectivity index (χ4v) is 2.58. The first kappa shape index (κ1) is 22.5. The lowest BCUT2D eigenvalue weighted by atomic mass is 10.1. The highest BCUT2D eigenvalue weighted by Gasteiger charge is 2.13. The number of phosphoric ester groups is 1. The lowest BCUT2D eigenvalue weighted by molar-refractivity contribution is -0.870. The van der Waals surface area contributed by atoms with E-state index in [9.17, 15) is 14.3 Å². The van der Waals surface area contributed by atoms with Crippen molar-refractivity contribution in [1.82, 2.24) is 0 Å². The predicted molar refractivity (Wildman–Crippen MR) is 98.5 cm³/mol. The first-order valence-electron chi connectivity index (χ1n) is 8.43. The number of ether oxygens (including phenoxy) is 1. The SMILES string of the molecule is C=Cc1ccc(C(=O)OCCCCOP(=O)([O-])OCC[N+](C)(C)C)cc1. The summed E-state index contributed by atoms with van der Waals surface area (Å²) in [5.74, 6) is -0.417. The van der Waals surface area contributed by atoms with E-state index in [4.69, 9.17) is 13.8 Å². The Kier molecular flexibility index (Phi) is 9.19. The molecule has 0 fully saturated rings. The maximum Gasteiger partial charge on any atom is 0.338 e. The zero-order valence-corrected chi connectivity index (χ0v) is 16.6. The van der Waals surface area contributed by atoms with Crippen molar-refractivity contribution < 1.29 is 32.5 Å². The van der Waals surface area contributed by atoms with Crippen LogP contribution in [0.25, 0.3) is 6.08 Å². The average Bonchev–Trinajstić information content (AvgIpc) is 2.56. The summed E-state index contributed by atoms with van der Waals surface area (Å²) in [5.41, 5.74) is 1.38. The standard InChI is InChI=1S/C18H28NO6P/c1-5-16-8-10-17(11-9-16)18(20)23-13-6-7-14-24-26(21,22)25-15-12-19(2,3)4/h5,8-11H,1,6-7,12-15H2,2-4H3. The number of phosphoric acid groups is 1. The molecular formula is C18H28NO6P. The number of benzene rings is 1. The van der Waals surface area contributed by atoms with Crippen LogP contribution in [0.4, 0.5) is 0 Å². The molecule has 1 rings (SSSR count). The van der Waals surface area contributed by atoms with Crippen molar-refractivity contribution in [2.75, 3.05) is 47.5 Å². The van der Waals surface area contributed by atoms with Crippen molar-refractivity contribution in [3.63, 3.8) is 0 Å². The molecule has 1 unspecified atom stereocenters. The van der Waals surface area contributed by atoms with Crippen LogP contribution in [-0.2, 0) is 18.3 Å². The monoisotopic (exact) mass is 385 g/mol. The molecule has 0 heterocycles. The van der Waals surface area contributed by atoms with Gasteiger partial charge in [-0.1, -0.05) is 24.8 Å². The van der Waals surface area contributed by atoms with Gasteiger partial charge < -0.3 is 23.2 Å². The van der Waals surface area contributed by atoms with Crippen LogP contribution in [0.2, 0.25) is 0 Å². The molecule has 0 saturated carbocycles. The van der Waals surface area contributed by atoms with Crippen LogP contribution in [0.3, 0.4) is 0 Å². The zero-order chi connectivity index (χ0) is 19.6. The van der Waals surface area contributed by atoms with Gasteiger partial charge in [-0.15, -0.1) is 0 Å². The van der Waals surface area contributed by atoms with Gasteiger partial charge in [0, 0.05) is 0 Å². The highest BCUT2D eigenvalue weighted by molar-refractivity contribution is 7.45. The van der Waals surface area contributed by atoms with E-state index in [1.165, 1.54) is 0 Å². The van der Waals surface area contributed by atoms with E-state index >= 15 is 0 Å². The van der Waals surface area contributed by atoms with Gasteiger partial charge in [-0.3, -0.25) is 4.57 Å². The first-order valence-corrected chi connectivity index (χ1v) is 9.89. The van der Waals surface area contributed by atoms with Crippen LogP contribution in [0.5, 0.6) is 0 Å². The number of likely N-dealkylation sites (N-methyl/N-ethyl adjacent to an activating group) is 1. The number of carbonyl (C=O) groups excluding carboxylic acids is 1. The molecule has 0 aliphatic rings. The Labute approximate surface area is 155 Å². The van der Waals surface area contributed by atoms with Crippen LogP contribution < -0.4 is 4.89 Å². The van der Waals surface area contributed by atoms with Crippen molar-refractivity contribution in [2.45, 2.75) is 12.8 Å². The summed E-state index contributed by atoms with van der Waals surface area (Å²) >= 11 is 0. The number of unbranched alkanes of at least 4 members (excludes halogenated alkanes) is 1. The largest absolute Gasteiger partial charge is 0.756 e. The Morgan fingerprint density at radius 2 is 1.69 bits per heavy atom. The number of esters is 1. The van der Waals surface area contributed by atoms with E-state index in [-0.39, 0.29) is 19.8 Å². The molecule has 0 aliphatic carbocycles. The molecule has 7 nitrogen and oxygen atoms in total. The van der Waals surface area contributed by atoms with Crippen molar-refractivity contribution in [3.8, 4) is 0 Å². The Morgan fingerprint density at radius 1 is 1.12 bits per heavy atom.